The number of carbonyl (C=O) groups excluding carboxylic acids is 2. The fourth-order valence-electron chi connectivity index (χ4n) is 1.17. The zero-order chi connectivity index (χ0) is 13.3. The van der Waals surface area contributed by atoms with Crippen LogP contribution >= 0.6 is 0 Å². The van der Waals surface area contributed by atoms with Gasteiger partial charge >= 0.3 is 6.09 Å². The Hall–Kier alpha value is -1.84. The number of alkyl carbamates (subject to hydrolysis) is 1. The summed E-state index contributed by atoms with van der Waals surface area (Å²) in [5, 5.41) is 2.48. The molecule has 0 heterocycles. The highest BCUT2D eigenvalue weighted by molar-refractivity contribution is 5.85. The summed E-state index contributed by atoms with van der Waals surface area (Å²) in [6, 6.07) is -0.586. The van der Waals surface area contributed by atoms with Gasteiger partial charge in [-0.2, -0.15) is 0 Å². The molecule has 4 nitrogen and oxygen atoms in total. The van der Waals surface area contributed by atoms with Crippen molar-refractivity contribution in [3.05, 3.63) is 36.5 Å². The van der Waals surface area contributed by atoms with Gasteiger partial charge in [-0.3, -0.25) is 4.79 Å². The Morgan fingerprint density at radius 1 is 1.47 bits per heavy atom. The first-order valence-electron chi connectivity index (χ1n) is 5.34. The number of rotatable bonds is 6. The maximum absolute atomic E-state index is 11.4. The van der Waals surface area contributed by atoms with Crippen molar-refractivity contribution in [1.82, 2.24) is 5.32 Å². The third kappa shape index (κ3) is 6.35. The fraction of sp³-hybridized carbons (Fsp3) is 0.385. The summed E-state index contributed by atoms with van der Waals surface area (Å²) >= 11 is 0. The largest absolute Gasteiger partial charge is 0.453 e. The zero-order valence-electron chi connectivity index (χ0n) is 10.5. The van der Waals surface area contributed by atoms with Crippen LogP contribution in [0.15, 0.2) is 36.5 Å². The van der Waals surface area contributed by atoms with Gasteiger partial charge in [0.05, 0.1) is 13.2 Å². The average Bonchev–Trinajstić information content (AvgIpc) is 2.32. The second-order valence-corrected chi connectivity index (χ2v) is 3.47. The molecule has 0 saturated heterocycles. The van der Waals surface area contributed by atoms with Crippen LogP contribution in [0.25, 0.3) is 0 Å². The first-order valence-corrected chi connectivity index (χ1v) is 5.34. The molecule has 0 aromatic carbocycles. The van der Waals surface area contributed by atoms with Crippen molar-refractivity contribution in [1.29, 1.82) is 0 Å². The minimum Gasteiger partial charge on any atom is -0.453 e. The number of carbonyl (C=O) groups is 2. The second-order valence-electron chi connectivity index (χ2n) is 3.47. The molecule has 0 rings (SSSR count). The molecule has 1 N–H and O–H groups in total. The molecular formula is C13H19NO3. The summed E-state index contributed by atoms with van der Waals surface area (Å²) < 4.78 is 4.47. The molecule has 1 amide bonds. The van der Waals surface area contributed by atoms with Crippen molar-refractivity contribution >= 4 is 11.9 Å². The van der Waals surface area contributed by atoms with Gasteiger partial charge in [0.25, 0.3) is 0 Å². The highest BCUT2D eigenvalue weighted by Gasteiger charge is 2.17. The summed E-state index contributed by atoms with van der Waals surface area (Å²) in [5.41, 5.74) is 0.875. The molecule has 0 fully saturated rings. The van der Waals surface area contributed by atoms with Crippen molar-refractivity contribution < 1.29 is 14.3 Å². The van der Waals surface area contributed by atoms with Crippen LogP contribution in [0.2, 0.25) is 0 Å². The monoisotopic (exact) mass is 237 g/mol. The Balaban J connectivity index is 4.68. The lowest BCUT2D eigenvalue weighted by molar-refractivity contribution is -0.118. The van der Waals surface area contributed by atoms with Crippen molar-refractivity contribution in [3.63, 3.8) is 0 Å². The minimum absolute atomic E-state index is 0.122. The van der Waals surface area contributed by atoms with Gasteiger partial charge in [-0.15, -0.1) is 0 Å². The van der Waals surface area contributed by atoms with Gasteiger partial charge in [-0.05, 0) is 25.8 Å². The number of hydrogen-bond acceptors (Lipinski definition) is 3. The Labute approximate surface area is 102 Å². The predicted octanol–water partition coefficient (Wildman–Crippen LogP) is 2.38. The highest BCUT2D eigenvalue weighted by Crippen LogP contribution is 2.08. The van der Waals surface area contributed by atoms with Crippen LogP contribution in [-0.4, -0.2) is 25.0 Å². The van der Waals surface area contributed by atoms with Gasteiger partial charge in [0.2, 0.25) is 0 Å². The van der Waals surface area contributed by atoms with Crippen LogP contribution in [-0.2, 0) is 9.53 Å². The number of hydrogen-bond donors (Lipinski definition) is 1. The molecule has 0 radical (unpaired) electrons. The van der Waals surface area contributed by atoms with E-state index in [2.05, 4.69) is 16.6 Å². The molecule has 0 aromatic heterocycles. The maximum Gasteiger partial charge on any atom is 0.407 e. The van der Waals surface area contributed by atoms with Gasteiger partial charge in [0.15, 0.2) is 5.78 Å². The van der Waals surface area contributed by atoms with Crippen molar-refractivity contribution in [3.8, 4) is 0 Å². The Bertz CT molecular complexity index is 343. The molecule has 0 aliphatic carbocycles. The van der Waals surface area contributed by atoms with Gasteiger partial charge in [0.1, 0.15) is 0 Å². The van der Waals surface area contributed by atoms with Gasteiger partial charge in [-0.25, -0.2) is 4.79 Å². The maximum atomic E-state index is 11.4. The van der Waals surface area contributed by atoms with Gasteiger partial charge in [0, 0.05) is 0 Å². The quantitative estimate of drug-likeness (QED) is 0.721. The van der Waals surface area contributed by atoms with Crippen LogP contribution in [0, 0.1) is 0 Å². The van der Waals surface area contributed by atoms with Crippen LogP contribution in [0.1, 0.15) is 20.3 Å². The first-order chi connectivity index (χ1) is 8.04. The van der Waals surface area contributed by atoms with Crippen molar-refractivity contribution in [2.45, 2.75) is 26.3 Å². The van der Waals surface area contributed by atoms with Crippen molar-refractivity contribution in [2.75, 3.05) is 7.11 Å². The normalized spacial score (nSPS) is 13.2. The SMILES string of the molecule is C=C/C(=C\C=C/C)C[C@H](NC(=O)OC)C(C)=O. The predicted molar refractivity (Wildman–Crippen MR) is 67.7 cm³/mol. The molecular weight excluding hydrogens is 218 g/mol. The number of ketones is 1. The lowest BCUT2D eigenvalue weighted by atomic mass is 10.0. The smallest absolute Gasteiger partial charge is 0.407 e. The Kier molecular flexibility index (Phi) is 7.43. The van der Waals surface area contributed by atoms with E-state index in [1.165, 1.54) is 14.0 Å². The molecule has 17 heavy (non-hydrogen) atoms. The summed E-state index contributed by atoms with van der Waals surface area (Å²) in [4.78, 5) is 22.4. The standard InChI is InChI=1S/C13H19NO3/c1-5-7-8-11(6-2)9-12(10(3)15)14-13(16)17-4/h5-8,12H,2,9H2,1,3-4H3,(H,14,16)/b7-5-,11-8+/t12-/m0/s1. The van der Waals surface area contributed by atoms with E-state index < -0.39 is 12.1 Å². The summed E-state index contributed by atoms with van der Waals surface area (Å²) in [6.45, 7) is 6.99. The second kappa shape index (κ2) is 8.33. The van der Waals surface area contributed by atoms with Crippen LogP contribution < -0.4 is 5.32 Å². The molecule has 0 spiro atoms. The van der Waals surface area contributed by atoms with E-state index in [-0.39, 0.29) is 5.78 Å². The molecule has 0 unspecified atom stereocenters. The third-order valence-corrected chi connectivity index (χ3v) is 2.17. The van der Waals surface area contributed by atoms with Crippen molar-refractivity contribution in [2.24, 2.45) is 0 Å². The molecule has 0 aliphatic heterocycles. The Morgan fingerprint density at radius 3 is 2.53 bits per heavy atom. The number of methoxy groups -OCH3 is 1. The van der Waals surface area contributed by atoms with Crippen LogP contribution in [0.4, 0.5) is 4.79 Å². The van der Waals surface area contributed by atoms with E-state index in [1.54, 1.807) is 6.08 Å². The number of allylic oxidation sites excluding steroid dienone is 4. The number of nitrogens with one attached hydrogen (secondary N) is 1. The van der Waals surface area contributed by atoms with Gasteiger partial charge in [-0.1, -0.05) is 30.9 Å². The summed E-state index contributed by atoms with van der Waals surface area (Å²) in [5.74, 6) is -0.122. The van der Waals surface area contributed by atoms with E-state index >= 15 is 0 Å². The third-order valence-electron chi connectivity index (χ3n) is 2.17. The lowest BCUT2D eigenvalue weighted by Gasteiger charge is -2.15. The number of amides is 1. The van der Waals surface area contributed by atoms with E-state index in [9.17, 15) is 9.59 Å². The van der Waals surface area contributed by atoms with E-state index in [4.69, 9.17) is 0 Å². The van der Waals surface area contributed by atoms with E-state index in [0.29, 0.717) is 6.42 Å². The van der Waals surface area contributed by atoms with Crippen LogP contribution in [0.5, 0.6) is 0 Å². The topological polar surface area (TPSA) is 55.4 Å². The molecule has 0 aliphatic rings. The number of Topliss-reactive ketones (excluding diaryl/α,β-unsaturated/α-hetero) is 1. The van der Waals surface area contributed by atoms with Crippen LogP contribution in [0.3, 0.4) is 0 Å². The highest BCUT2D eigenvalue weighted by atomic mass is 16.5. The summed E-state index contributed by atoms with van der Waals surface area (Å²) in [6.07, 6.45) is 7.03. The molecule has 1 atom stereocenters. The van der Waals surface area contributed by atoms with E-state index in [0.717, 1.165) is 5.57 Å². The molecule has 0 aromatic rings. The average molecular weight is 237 g/mol. The van der Waals surface area contributed by atoms with E-state index in [1.807, 2.05) is 25.2 Å². The van der Waals surface area contributed by atoms with Gasteiger partial charge < -0.3 is 10.1 Å². The minimum atomic E-state index is -0.611. The molecule has 0 bridgehead atoms. The summed E-state index contributed by atoms with van der Waals surface area (Å²) in [7, 11) is 1.26. The molecule has 94 valence electrons. The Morgan fingerprint density at radius 2 is 2.12 bits per heavy atom. The first kappa shape index (κ1) is 15.2. The molecule has 4 heteroatoms. The number of ether oxygens (including phenoxy) is 1. The molecule has 0 saturated carbocycles. The fourth-order valence-corrected chi connectivity index (χ4v) is 1.17. The zero-order valence-corrected chi connectivity index (χ0v) is 10.5. The lowest BCUT2D eigenvalue weighted by Crippen LogP contribution is -2.39.